The number of nitrogens with zero attached hydrogens (tertiary/aromatic N) is 2. The molecule has 0 aliphatic heterocycles. The van der Waals surface area contributed by atoms with Gasteiger partial charge in [-0.3, -0.25) is 24.2 Å². The molecule has 0 saturated heterocycles. The molecule has 3 amide bonds. The zero-order valence-corrected chi connectivity index (χ0v) is 24.0. The molecule has 13 heteroatoms. The number of carbonyl (C=O) groups excluding carboxylic acids is 4. The molecule has 0 fully saturated rings. The quantitative estimate of drug-likeness (QED) is 0.160. The average molecular weight is 597 g/mol. The van der Waals surface area contributed by atoms with Gasteiger partial charge in [-0.25, -0.2) is 9.37 Å². The number of amides is 3. The van der Waals surface area contributed by atoms with Crippen molar-refractivity contribution in [3.8, 4) is 0 Å². The van der Waals surface area contributed by atoms with E-state index >= 15 is 0 Å². The maximum Gasteiger partial charge on any atom is 0.308 e. The molecular weight excluding hydrogens is 559 g/mol. The molecule has 0 saturated carbocycles. The molecule has 2 aromatic carbocycles. The van der Waals surface area contributed by atoms with Crippen LogP contribution in [0.5, 0.6) is 0 Å². The number of carbonyl (C=O) groups is 4. The predicted molar refractivity (Wildman–Crippen MR) is 155 cm³/mol. The van der Waals surface area contributed by atoms with Crippen LogP contribution in [0.1, 0.15) is 55.6 Å². The molecule has 3 rings (SSSR count). The second-order valence-electron chi connectivity index (χ2n) is 11.1. The molecule has 43 heavy (non-hydrogen) atoms. The summed E-state index contributed by atoms with van der Waals surface area (Å²) in [5, 5.41) is 13.0. The Labute approximate surface area is 248 Å². The number of benzene rings is 2. The third kappa shape index (κ3) is 10.4. The number of para-hydroxylation sites is 2. The zero-order chi connectivity index (χ0) is 31.7. The fraction of sp³-hybridized carbons (Fsp3) is 0.400. The first kappa shape index (κ1) is 33.0. The largest absolute Gasteiger partial charge is 0.460 e. The molecule has 0 bridgehead atoms. The lowest BCUT2D eigenvalue weighted by molar-refractivity contribution is -0.153. The van der Waals surface area contributed by atoms with Crippen LogP contribution in [-0.2, 0) is 25.5 Å². The van der Waals surface area contributed by atoms with Crippen LogP contribution < -0.4 is 22.5 Å². The Kier molecular flexibility index (Phi) is 11.2. The van der Waals surface area contributed by atoms with Crippen molar-refractivity contribution in [3.63, 3.8) is 0 Å². The Balaban J connectivity index is 1.99. The summed E-state index contributed by atoms with van der Waals surface area (Å²) in [5.41, 5.74) is 16.9. The fourth-order valence-electron chi connectivity index (χ4n) is 4.48. The molecule has 0 aliphatic carbocycles. The van der Waals surface area contributed by atoms with Gasteiger partial charge in [-0.15, -0.1) is 0 Å². The molecule has 230 valence electrons. The highest BCUT2D eigenvalue weighted by Crippen LogP contribution is 2.24. The van der Waals surface area contributed by atoms with Crippen molar-refractivity contribution in [1.82, 2.24) is 15.3 Å². The monoisotopic (exact) mass is 596 g/mol. The zero-order valence-electron chi connectivity index (χ0n) is 24.0. The van der Waals surface area contributed by atoms with Crippen molar-refractivity contribution in [2.75, 3.05) is 0 Å². The van der Waals surface area contributed by atoms with Crippen LogP contribution in [0.3, 0.4) is 0 Å². The SMILES string of the molecule is CC(C)(O)CC[C@H](C[C@H](OC(=O)C[C@H](N)C(N)=O)[C@H](Cc1cccc(F)c1)NC(=O)c1cnc2ccccc2n1)C(N)=O. The lowest BCUT2D eigenvalue weighted by Crippen LogP contribution is -2.49. The van der Waals surface area contributed by atoms with Crippen LogP contribution in [0.25, 0.3) is 11.0 Å². The van der Waals surface area contributed by atoms with E-state index in [1.807, 2.05) is 0 Å². The Morgan fingerprint density at radius 1 is 1.05 bits per heavy atom. The summed E-state index contributed by atoms with van der Waals surface area (Å²) in [6, 6.07) is 10.2. The average Bonchev–Trinajstić information content (AvgIpc) is 2.93. The van der Waals surface area contributed by atoms with E-state index in [1.54, 1.807) is 44.2 Å². The number of nitrogens with two attached hydrogens (primary N) is 3. The molecule has 8 N–H and O–H groups in total. The van der Waals surface area contributed by atoms with Crippen LogP contribution in [0.4, 0.5) is 4.39 Å². The molecular formula is C30H37FN6O6. The number of esters is 1. The van der Waals surface area contributed by atoms with Crippen LogP contribution in [0, 0.1) is 11.7 Å². The van der Waals surface area contributed by atoms with Crippen LogP contribution >= 0.6 is 0 Å². The number of nitrogens with one attached hydrogen (secondary N) is 1. The summed E-state index contributed by atoms with van der Waals surface area (Å²) in [4.78, 5) is 58.9. The molecule has 0 unspecified atom stereocenters. The number of ether oxygens (including phenoxy) is 1. The summed E-state index contributed by atoms with van der Waals surface area (Å²) < 4.78 is 19.8. The van der Waals surface area contributed by atoms with E-state index in [-0.39, 0.29) is 31.4 Å². The highest BCUT2D eigenvalue weighted by molar-refractivity contribution is 5.94. The van der Waals surface area contributed by atoms with Gasteiger partial charge in [0.1, 0.15) is 17.6 Å². The van der Waals surface area contributed by atoms with Gasteiger partial charge in [0.25, 0.3) is 5.91 Å². The van der Waals surface area contributed by atoms with Gasteiger partial charge < -0.3 is 32.4 Å². The van der Waals surface area contributed by atoms with Gasteiger partial charge >= 0.3 is 5.97 Å². The first-order valence-corrected chi connectivity index (χ1v) is 13.7. The maximum absolute atomic E-state index is 14.1. The van der Waals surface area contributed by atoms with Gasteiger partial charge in [0.2, 0.25) is 11.8 Å². The number of hydrogen-bond acceptors (Lipinski definition) is 9. The van der Waals surface area contributed by atoms with Crippen LogP contribution in [0.2, 0.25) is 0 Å². The summed E-state index contributed by atoms with van der Waals surface area (Å²) in [5.74, 6) is -4.62. The van der Waals surface area contributed by atoms with Crippen LogP contribution in [0.15, 0.2) is 54.7 Å². The van der Waals surface area contributed by atoms with E-state index in [2.05, 4.69) is 15.3 Å². The number of hydrogen-bond donors (Lipinski definition) is 5. The lowest BCUT2D eigenvalue weighted by atomic mass is 9.87. The third-order valence-corrected chi connectivity index (χ3v) is 6.85. The fourth-order valence-corrected chi connectivity index (χ4v) is 4.48. The molecule has 12 nitrogen and oxygen atoms in total. The minimum absolute atomic E-state index is 0.0265. The van der Waals surface area contributed by atoms with Crippen molar-refractivity contribution in [3.05, 3.63) is 71.8 Å². The first-order valence-electron chi connectivity index (χ1n) is 13.7. The van der Waals surface area contributed by atoms with Gasteiger partial charge in [0, 0.05) is 5.92 Å². The summed E-state index contributed by atoms with van der Waals surface area (Å²) >= 11 is 0. The normalized spacial score (nSPS) is 14.3. The van der Waals surface area contributed by atoms with Gasteiger partial charge in [-0.1, -0.05) is 24.3 Å². The minimum atomic E-state index is -1.33. The van der Waals surface area contributed by atoms with Gasteiger partial charge in [-0.2, -0.15) is 0 Å². The number of primary amides is 2. The lowest BCUT2D eigenvalue weighted by Gasteiger charge is -2.31. The van der Waals surface area contributed by atoms with Crippen molar-refractivity contribution in [2.24, 2.45) is 23.1 Å². The minimum Gasteiger partial charge on any atom is -0.460 e. The topological polar surface area (TPSA) is 214 Å². The van der Waals surface area contributed by atoms with Crippen molar-refractivity contribution >= 4 is 34.7 Å². The molecule has 4 atom stereocenters. The van der Waals surface area contributed by atoms with E-state index in [1.165, 1.54) is 24.4 Å². The molecule has 3 aromatic rings. The second kappa shape index (κ2) is 14.6. The van der Waals surface area contributed by atoms with E-state index < -0.39 is 65.6 Å². The standard InChI is InChI=1S/C30H37FN6O6/c1-30(2,42)11-10-18(27(33)39)14-25(43-26(38)15-20(32)28(34)40)23(13-17-6-5-7-19(31)12-17)37-29(41)24-16-35-21-8-3-4-9-22(21)36-24/h3-9,12,16,18,20,23,25,42H,10-11,13-15,32H2,1-2H3,(H2,33,39)(H2,34,40)(H,37,41)/t18-,20+,23+,25+/m1/s1. The second-order valence-corrected chi connectivity index (χ2v) is 11.1. The third-order valence-electron chi connectivity index (χ3n) is 6.85. The Hall–Kier alpha value is -4.49. The van der Waals surface area contributed by atoms with Crippen molar-refractivity contribution in [1.29, 1.82) is 0 Å². The van der Waals surface area contributed by atoms with E-state index in [9.17, 15) is 28.7 Å². The van der Waals surface area contributed by atoms with E-state index in [0.717, 1.165) is 0 Å². The summed E-state index contributed by atoms with van der Waals surface area (Å²) in [6.07, 6.45) is -0.320. The Morgan fingerprint density at radius 3 is 2.37 bits per heavy atom. The Bertz CT molecular complexity index is 1460. The number of rotatable bonds is 15. The number of aromatic nitrogens is 2. The Morgan fingerprint density at radius 2 is 1.74 bits per heavy atom. The molecule has 0 spiro atoms. The molecule has 0 aliphatic rings. The molecule has 1 aromatic heterocycles. The van der Waals surface area contributed by atoms with Gasteiger partial charge in [0.15, 0.2) is 0 Å². The van der Waals surface area contributed by atoms with Crippen molar-refractivity contribution in [2.45, 2.75) is 69.7 Å². The van der Waals surface area contributed by atoms with E-state index in [0.29, 0.717) is 16.6 Å². The first-order chi connectivity index (χ1) is 20.2. The highest BCUT2D eigenvalue weighted by atomic mass is 19.1. The summed E-state index contributed by atoms with van der Waals surface area (Å²) in [6.45, 7) is 3.15. The van der Waals surface area contributed by atoms with Crippen LogP contribution in [-0.4, -0.2) is 62.6 Å². The number of halogens is 1. The summed E-state index contributed by atoms with van der Waals surface area (Å²) in [7, 11) is 0. The smallest absolute Gasteiger partial charge is 0.308 e. The highest BCUT2D eigenvalue weighted by Gasteiger charge is 2.34. The number of aliphatic hydroxyl groups is 1. The molecule has 1 heterocycles. The van der Waals surface area contributed by atoms with E-state index in [4.69, 9.17) is 21.9 Å². The predicted octanol–water partition coefficient (Wildman–Crippen LogP) is 1.27. The van der Waals surface area contributed by atoms with Gasteiger partial charge in [0.05, 0.1) is 41.3 Å². The molecule has 0 radical (unpaired) electrons. The number of fused-ring (bicyclic) bond motifs is 1. The maximum atomic E-state index is 14.1. The van der Waals surface area contributed by atoms with Crippen molar-refractivity contribution < 1.29 is 33.4 Å². The van der Waals surface area contributed by atoms with Gasteiger partial charge in [-0.05, 0) is 69.4 Å².